The smallest absolute Gasteiger partial charge is 0.481 e. The maximum absolute atomic E-state index is 12.0. The lowest BCUT2D eigenvalue weighted by Crippen LogP contribution is -2.53. The van der Waals surface area contributed by atoms with Crippen molar-refractivity contribution >= 4 is 41.6 Å². The molecule has 15 nitrogen and oxygen atoms in total. The fourth-order valence-electron chi connectivity index (χ4n) is 1.74. The Bertz CT molecular complexity index is 789. The average molecular weight is 504 g/mol. The van der Waals surface area contributed by atoms with E-state index in [0.717, 1.165) is 0 Å². The minimum atomic E-state index is -5.08. The molecule has 18 heteroatoms. The molecule has 0 fully saturated rings. The number of halogens is 3. The van der Waals surface area contributed by atoms with Gasteiger partial charge in [-0.3, -0.25) is 28.8 Å². The van der Waals surface area contributed by atoms with Crippen molar-refractivity contribution in [3.05, 3.63) is 0 Å². The minimum absolute atomic E-state index is 0.314. The second-order valence-corrected chi connectivity index (χ2v) is 6.35. The van der Waals surface area contributed by atoms with Crippen molar-refractivity contribution in [1.82, 2.24) is 16.0 Å². The van der Waals surface area contributed by atoms with Gasteiger partial charge in [-0.05, 0) is 13.3 Å². The molecule has 0 rings (SSSR count). The number of nitrogens with one attached hydrogen (secondary N) is 3. The summed E-state index contributed by atoms with van der Waals surface area (Å²) in [7, 11) is 0. The Balaban J connectivity index is 0. The van der Waals surface area contributed by atoms with Crippen molar-refractivity contribution in [1.29, 1.82) is 0 Å². The molecule has 0 aliphatic rings. The minimum Gasteiger partial charge on any atom is -0.481 e. The molecule has 0 heterocycles. The van der Waals surface area contributed by atoms with E-state index in [0.29, 0.717) is 0 Å². The Kier molecular flexibility index (Phi) is 14.2. The normalized spacial score (nSPS) is 13.1. The summed E-state index contributed by atoms with van der Waals surface area (Å²) in [6.45, 7) is 0.540. The maximum atomic E-state index is 12.0. The Morgan fingerprint density at radius 1 is 0.882 bits per heavy atom. The van der Waals surface area contributed by atoms with Crippen molar-refractivity contribution in [2.45, 2.75) is 50.5 Å². The Morgan fingerprint density at radius 3 is 1.76 bits per heavy atom. The van der Waals surface area contributed by atoms with E-state index in [1.54, 1.807) is 0 Å². The highest BCUT2D eigenvalue weighted by Gasteiger charge is 2.38. The van der Waals surface area contributed by atoms with Crippen molar-refractivity contribution in [2.24, 2.45) is 5.73 Å². The first-order valence-electron chi connectivity index (χ1n) is 8.98. The summed E-state index contributed by atoms with van der Waals surface area (Å²) in [5.74, 6) is -9.31. The number of aliphatic carboxylic acids is 4. The summed E-state index contributed by atoms with van der Waals surface area (Å²) < 4.78 is 31.7. The zero-order chi connectivity index (χ0) is 27.2. The SMILES string of the molecule is CC(NC(=O)C(CCC(=O)O)NC(=O)CNC(=O)C(N)CC(=O)O)C(=O)O.O=C(O)C(F)(F)F. The molecular weight excluding hydrogens is 481 g/mol. The quantitative estimate of drug-likeness (QED) is 0.137. The molecule has 0 aliphatic heterocycles. The van der Waals surface area contributed by atoms with Crippen LogP contribution in [-0.2, 0) is 33.6 Å². The molecule has 9 N–H and O–H groups in total. The maximum Gasteiger partial charge on any atom is 0.490 e. The lowest BCUT2D eigenvalue weighted by Gasteiger charge is -2.19. The lowest BCUT2D eigenvalue weighted by atomic mass is 10.1. The van der Waals surface area contributed by atoms with Crippen LogP contribution >= 0.6 is 0 Å². The fraction of sp³-hybridized carbons (Fsp3) is 0.562. The van der Waals surface area contributed by atoms with Gasteiger partial charge in [-0.2, -0.15) is 13.2 Å². The van der Waals surface area contributed by atoms with Crippen LogP contribution in [0.5, 0.6) is 0 Å². The van der Waals surface area contributed by atoms with Crippen LogP contribution in [0.25, 0.3) is 0 Å². The predicted molar refractivity (Wildman–Crippen MR) is 101 cm³/mol. The van der Waals surface area contributed by atoms with Crippen LogP contribution in [0.1, 0.15) is 26.2 Å². The van der Waals surface area contributed by atoms with Crippen molar-refractivity contribution in [2.75, 3.05) is 6.54 Å². The molecular formula is C16H23F3N4O11. The second kappa shape index (κ2) is 15.0. The molecule has 0 radical (unpaired) electrons. The third kappa shape index (κ3) is 15.8. The first-order chi connectivity index (χ1) is 15.4. The lowest BCUT2D eigenvalue weighted by molar-refractivity contribution is -0.192. The van der Waals surface area contributed by atoms with E-state index in [1.807, 2.05) is 0 Å². The second-order valence-electron chi connectivity index (χ2n) is 6.35. The fourth-order valence-corrected chi connectivity index (χ4v) is 1.74. The largest absolute Gasteiger partial charge is 0.490 e. The van der Waals surface area contributed by atoms with E-state index in [4.69, 9.17) is 31.0 Å². The average Bonchev–Trinajstić information content (AvgIpc) is 2.67. The molecule has 3 unspecified atom stereocenters. The Hall–Kier alpha value is -3.96. The molecule has 0 aromatic carbocycles. The summed E-state index contributed by atoms with van der Waals surface area (Å²) >= 11 is 0. The summed E-state index contributed by atoms with van der Waals surface area (Å²) in [4.78, 5) is 76.2. The van der Waals surface area contributed by atoms with E-state index in [-0.39, 0.29) is 6.42 Å². The molecule has 0 aliphatic carbocycles. The van der Waals surface area contributed by atoms with Crippen LogP contribution in [0.4, 0.5) is 13.2 Å². The van der Waals surface area contributed by atoms with Crippen LogP contribution in [0.2, 0.25) is 0 Å². The van der Waals surface area contributed by atoms with Gasteiger partial charge in [-0.25, -0.2) is 4.79 Å². The van der Waals surface area contributed by atoms with Gasteiger partial charge in [0.2, 0.25) is 17.7 Å². The van der Waals surface area contributed by atoms with E-state index >= 15 is 0 Å². The summed E-state index contributed by atoms with van der Waals surface area (Å²) in [6.07, 6.45) is -6.52. The topological polar surface area (TPSA) is 263 Å². The number of amides is 3. The third-order valence-corrected chi connectivity index (χ3v) is 3.42. The standard InChI is InChI=1S/C14H22N4O9.C2HF3O2/c1-6(14(26)27)17-13(25)8(2-3-10(20)21)18-9(19)5-16-12(24)7(15)4-11(22)23;3-2(4,5)1(6)7/h6-8H,2-5,15H2,1H3,(H,16,24)(H,17,25)(H,18,19)(H,20,21)(H,22,23)(H,26,27);(H,6,7). The first-order valence-corrected chi connectivity index (χ1v) is 8.98. The van der Waals surface area contributed by atoms with Gasteiger partial charge in [-0.1, -0.05) is 0 Å². The van der Waals surface area contributed by atoms with Crippen LogP contribution < -0.4 is 21.7 Å². The highest BCUT2D eigenvalue weighted by molar-refractivity contribution is 5.93. The number of carbonyl (C=O) groups is 7. The third-order valence-electron chi connectivity index (χ3n) is 3.42. The Morgan fingerprint density at radius 2 is 1.38 bits per heavy atom. The number of carboxylic acid groups (broad SMARTS) is 4. The number of alkyl halides is 3. The molecule has 0 aromatic heterocycles. The summed E-state index contributed by atoms with van der Waals surface area (Å²) in [5, 5.41) is 39.5. The van der Waals surface area contributed by atoms with Crippen LogP contribution in [-0.4, -0.2) is 92.9 Å². The molecule has 3 atom stereocenters. The zero-order valence-corrected chi connectivity index (χ0v) is 17.4. The van der Waals surface area contributed by atoms with Gasteiger partial charge in [0.05, 0.1) is 19.0 Å². The van der Waals surface area contributed by atoms with Gasteiger partial charge < -0.3 is 42.1 Å². The molecule has 194 valence electrons. The predicted octanol–water partition coefficient (Wildman–Crippen LogP) is -2.52. The monoisotopic (exact) mass is 504 g/mol. The number of carbonyl (C=O) groups excluding carboxylic acids is 3. The number of nitrogens with two attached hydrogens (primary N) is 1. The number of hydrogen-bond acceptors (Lipinski definition) is 8. The van der Waals surface area contributed by atoms with Gasteiger partial charge in [0.15, 0.2) is 0 Å². The van der Waals surface area contributed by atoms with Gasteiger partial charge >= 0.3 is 30.1 Å². The highest BCUT2D eigenvalue weighted by Crippen LogP contribution is 2.13. The zero-order valence-electron chi connectivity index (χ0n) is 17.4. The van der Waals surface area contributed by atoms with Crippen molar-refractivity contribution in [3.8, 4) is 0 Å². The van der Waals surface area contributed by atoms with Crippen LogP contribution in [0, 0.1) is 0 Å². The molecule has 0 spiro atoms. The van der Waals surface area contributed by atoms with E-state index < -0.39 is 85.3 Å². The van der Waals surface area contributed by atoms with E-state index in [1.165, 1.54) is 6.92 Å². The first kappa shape index (κ1) is 32.2. The molecule has 0 bridgehead atoms. The van der Waals surface area contributed by atoms with Gasteiger partial charge in [0.25, 0.3) is 0 Å². The van der Waals surface area contributed by atoms with Crippen LogP contribution in [0.15, 0.2) is 0 Å². The highest BCUT2D eigenvalue weighted by atomic mass is 19.4. The van der Waals surface area contributed by atoms with Gasteiger partial charge in [0.1, 0.15) is 12.1 Å². The van der Waals surface area contributed by atoms with Crippen LogP contribution in [0.3, 0.4) is 0 Å². The van der Waals surface area contributed by atoms with E-state index in [9.17, 15) is 41.9 Å². The van der Waals surface area contributed by atoms with Gasteiger partial charge in [-0.15, -0.1) is 0 Å². The molecule has 0 saturated carbocycles. The van der Waals surface area contributed by atoms with Gasteiger partial charge in [0, 0.05) is 6.42 Å². The van der Waals surface area contributed by atoms with Crippen molar-refractivity contribution < 1.29 is 67.2 Å². The number of rotatable bonds is 12. The summed E-state index contributed by atoms with van der Waals surface area (Å²) in [5.41, 5.74) is 5.31. The molecule has 3 amide bonds. The summed E-state index contributed by atoms with van der Waals surface area (Å²) in [6, 6.07) is -3.99. The molecule has 0 saturated heterocycles. The van der Waals surface area contributed by atoms with E-state index in [2.05, 4.69) is 16.0 Å². The number of hydrogen-bond donors (Lipinski definition) is 8. The van der Waals surface area contributed by atoms with Crippen molar-refractivity contribution in [3.63, 3.8) is 0 Å². The molecule has 0 aromatic rings. The number of carboxylic acids is 4. The molecule has 34 heavy (non-hydrogen) atoms. The Labute approximate surface area is 188 Å².